The number of oxazole rings is 1. The van der Waals surface area contributed by atoms with Crippen molar-refractivity contribution >= 4 is 5.91 Å². The number of aromatic nitrogens is 1. The lowest BCUT2D eigenvalue weighted by atomic mass is 10.1. The number of carbonyl (C=O) groups excluding carboxylic acids is 1. The van der Waals surface area contributed by atoms with E-state index in [9.17, 15) is 9.18 Å². The molecular weight excluding hydrogens is 223 g/mol. The molecule has 4 nitrogen and oxygen atoms in total. The van der Waals surface area contributed by atoms with Gasteiger partial charge in [0.25, 0.3) is 0 Å². The fourth-order valence-electron chi connectivity index (χ4n) is 1.39. The van der Waals surface area contributed by atoms with Crippen LogP contribution in [-0.2, 0) is 17.8 Å². The summed E-state index contributed by atoms with van der Waals surface area (Å²) >= 11 is 0. The highest BCUT2D eigenvalue weighted by atomic mass is 19.1. The van der Waals surface area contributed by atoms with E-state index < -0.39 is 0 Å². The molecule has 0 radical (unpaired) electrons. The van der Waals surface area contributed by atoms with Crippen LogP contribution in [0.1, 0.15) is 11.3 Å². The largest absolute Gasteiger partial charge is 0.451 e. The molecule has 0 aliphatic rings. The first kappa shape index (κ1) is 11.3. The van der Waals surface area contributed by atoms with Crippen molar-refractivity contribution in [3.05, 3.63) is 54.0 Å². The molecule has 0 aliphatic heterocycles. The van der Waals surface area contributed by atoms with Gasteiger partial charge < -0.3 is 9.73 Å². The van der Waals surface area contributed by atoms with Crippen LogP contribution in [0.4, 0.5) is 4.39 Å². The first-order valence-electron chi connectivity index (χ1n) is 5.13. The van der Waals surface area contributed by atoms with Crippen molar-refractivity contribution < 1.29 is 13.6 Å². The van der Waals surface area contributed by atoms with Gasteiger partial charge in [0.05, 0.1) is 18.7 Å². The highest BCUT2D eigenvalue weighted by molar-refractivity contribution is 5.78. The highest BCUT2D eigenvalue weighted by Crippen LogP contribution is 2.06. The third-order valence-corrected chi connectivity index (χ3v) is 2.26. The van der Waals surface area contributed by atoms with E-state index in [1.54, 1.807) is 18.2 Å². The van der Waals surface area contributed by atoms with Crippen LogP contribution in [0.25, 0.3) is 0 Å². The monoisotopic (exact) mass is 234 g/mol. The van der Waals surface area contributed by atoms with E-state index in [-0.39, 0.29) is 24.7 Å². The van der Waals surface area contributed by atoms with E-state index >= 15 is 0 Å². The number of halogens is 1. The summed E-state index contributed by atoms with van der Waals surface area (Å²) in [5.74, 6) is -0.623. The molecule has 5 heteroatoms. The fraction of sp³-hybridized carbons (Fsp3) is 0.167. The Morgan fingerprint density at radius 2 is 2.24 bits per heavy atom. The molecule has 2 rings (SSSR count). The van der Waals surface area contributed by atoms with E-state index in [1.807, 2.05) is 0 Å². The summed E-state index contributed by atoms with van der Waals surface area (Å²) in [6.45, 7) is 0.282. The molecule has 0 saturated heterocycles. The average molecular weight is 234 g/mol. The van der Waals surface area contributed by atoms with Gasteiger partial charge >= 0.3 is 0 Å². The Bertz CT molecular complexity index is 497. The lowest BCUT2D eigenvalue weighted by Gasteiger charge is -2.04. The van der Waals surface area contributed by atoms with Crippen molar-refractivity contribution in [1.82, 2.24) is 10.3 Å². The summed E-state index contributed by atoms with van der Waals surface area (Å²) in [5, 5.41) is 2.63. The summed E-state index contributed by atoms with van der Waals surface area (Å²) in [6, 6.07) is 6.21. The minimum Gasteiger partial charge on any atom is -0.451 e. The smallest absolute Gasteiger partial charge is 0.224 e. The number of benzene rings is 1. The summed E-state index contributed by atoms with van der Waals surface area (Å²) in [4.78, 5) is 15.4. The van der Waals surface area contributed by atoms with Crippen molar-refractivity contribution in [2.75, 3.05) is 0 Å². The Kier molecular flexibility index (Phi) is 3.49. The van der Waals surface area contributed by atoms with Gasteiger partial charge in [0.1, 0.15) is 12.1 Å². The van der Waals surface area contributed by atoms with Crippen LogP contribution < -0.4 is 5.32 Å². The molecule has 1 aromatic heterocycles. The van der Waals surface area contributed by atoms with Gasteiger partial charge in [0, 0.05) is 0 Å². The fourth-order valence-corrected chi connectivity index (χ4v) is 1.39. The zero-order valence-corrected chi connectivity index (χ0v) is 9.02. The quantitative estimate of drug-likeness (QED) is 0.875. The summed E-state index contributed by atoms with van der Waals surface area (Å²) in [7, 11) is 0. The van der Waals surface area contributed by atoms with Gasteiger partial charge in [-0.25, -0.2) is 9.37 Å². The molecule has 1 N–H and O–H groups in total. The van der Waals surface area contributed by atoms with Crippen molar-refractivity contribution in [2.45, 2.75) is 13.0 Å². The van der Waals surface area contributed by atoms with E-state index in [2.05, 4.69) is 10.3 Å². The van der Waals surface area contributed by atoms with E-state index in [1.165, 1.54) is 18.7 Å². The Balaban J connectivity index is 1.87. The third-order valence-electron chi connectivity index (χ3n) is 2.26. The number of carbonyl (C=O) groups is 1. The normalized spacial score (nSPS) is 10.2. The summed E-state index contributed by atoms with van der Waals surface area (Å²) < 4.78 is 18.0. The number of hydrogen-bond donors (Lipinski definition) is 1. The van der Waals surface area contributed by atoms with Crippen molar-refractivity contribution in [3.8, 4) is 0 Å². The Morgan fingerprint density at radius 1 is 1.41 bits per heavy atom. The first-order valence-corrected chi connectivity index (χ1v) is 5.13. The molecule has 1 heterocycles. The van der Waals surface area contributed by atoms with Gasteiger partial charge in [-0.15, -0.1) is 0 Å². The van der Waals surface area contributed by atoms with E-state index in [0.717, 1.165) is 0 Å². The Labute approximate surface area is 97.5 Å². The molecule has 0 fully saturated rings. The molecule has 0 bridgehead atoms. The van der Waals surface area contributed by atoms with Crippen LogP contribution in [0.3, 0.4) is 0 Å². The lowest BCUT2D eigenvalue weighted by Crippen LogP contribution is -2.25. The number of nitrogens with zero attached hydrogens (tertiary/aromatic N) is 1. The molecule has 1 amide bonds. The second-order valence-corrected chi connectivity index (χ2v) is 3.52. The zero-order valence-electron chi connectivity index (χ0n) is 9.02. The van der Waals surface area contributed by atoms with Gasteiger partial charge in [-0.05, 0) is 11.6 Å². The Morgan fingerprint density at radius 3 is 2.94 bits per heavy atom. The van der Waals surface area contributed by atoms with Gasteiger partial charge in [0.15, 0.2) is 6.39 Å². The molecule has 0 aliphatic carbocycles. The van der Waals surface area contributed by atoms with Crippen LogP contribution in [0.5, 0.6) is 0 Å². The number of hydrogen-bond acceptors (Lipinski definition) is 3. The van der Waals surface area contributed by atoms with Crippen molar-refractivity contribution in [3.63, 3.8) is 0 Å². The van der Waals surface area contributed by atoms with Crippen LogP contribution in [0, 0.1) is 5.82 Å². The zero-order chi connectivity index (χ0) is 12.1. The van der Waals surface area contributed by atoms with Gasteiger partial charge in [0.2, 0.25) is 5.91 Å². The highest BCUT2D eigenvalue weighted by Gasteiger charge is 2.07. The minimum atomic E-state index is -0.371. The SMILES string of the molecule is O=C(Cc1ccccc1F)NCc1cocn1. The summed E-state index contributed by atoms with van der Waals surface area (Å²) in [5.41, 5.74) is 1.01. The first-order chi connectivity index (χ1) is 8.25. The molecular formula is C12H11FN2O2. The van der Waals surface area contributed by atoms with Gasteiger partial charge in [-0.1, -0.05) is 18.2 Å². The third kappa shape index (κ3) is 3.14. The van der Waals surface area contributed by atoms with Crippen molar-refractivity contribution in [1.29, 1.82) is 0 Å². The molecule has 2 aromatic rings. The maximum Gasteiger partial charge on any atom is 0.224 e. The van der Waals surface area contributed by atoms with Crippen molar-refractivity contribution in [2.24, 2.45) is 0 Å². The minimum absolute atomic E-state index is 0.0184. The Hall–Kier alpha value is -2.17. The second kappa shape index (κ2) is 5.25. The van der Waals surface area contributed by atoms with Crippen LogP contribution in [0.2, 0.25) is 0 Å². The predicted octanol–water partition coefficient (Wildman–Crippen LogP) is 1.67. The molecule has 0 spiro atoms. The van der Waals surface area contributed by atoms with Crippen LogP contribution >= 0.6 is 0 Å². The van der Waals surface area contributed by atoms with Crippen LogP contribution in [0.15, 0.2) is 41.3 Å². The summed E-state index contributed by atoms with van der Waals surface area (Å²) in [6.07, 6.45) is 2.76. The molecule has 88 valence electrons. The molecule has 1 aromatic carbocycles. The number of nitrogens with one attached hydrogen (secondary N) is 1. The molecule has 17 heavy (non-hydrogen) atoms. The second-order valence-electron chi connectivity index (χ2n) is 3.52. The predicted molar refractivity (Wildman–Crippen MR) is 58.5 cm³/mol. The maximum atomic E-state index is 13.3. The van der Waals surface area contributed by atoms with Gasteiger partial charge in [-0.3, -0.25) is 4.79 Å². The standard InChI is InChI=1S/C12H11FN2O2/c13-11-4-2-1-3-9(11)5-12(16)14-6-10-7-17-8-15-10/h1-4,7-8H,5-6H2,(H,14,16). The van der Waals surface area contributed by atoms with Gasteiger partial charge in [-0.2, -0.15) is 0 Å². The molecule has 0 atom stereocenters. The van der Waals surface area contributed by atoms with E-state index in [0.29, 0.717) is 11.3 Å². The molecule has 0 saturated carbocycles. The average Bonchev–Trinajstić information content (AvgIpc) is 2.82. The number of rotatable bonds is 4. The molecule has 0 unspecified atom stereocenters. The maximum absolute atomic E-state index is 13.3. The van der Waals surface area contributed by atoms with Crippen LogP contribution in [-0.4, -0.2) is 10.9 Å². The topological polar surface area (TPSA) is 55.1 Å². The van der Waals surface area contributed by atoms with E-state index in [4.69, 9.17) is 4.42 Å². The number of amides is 1. The lowest BCUT2D eigenvalue weighted by molar-refractivity contribution is -0.120.